The summed E-state index contributed by atoms with van der Waals surface area (Å²) in [5, 5.41) is 6.64. The van der Waals surface area contributed by atoms with Gasteiger partial charge in [0.25, 0.3) is 0 Å². The number of rotatable bonds is 4. The summed E-state index contributed by atoms with van der Waals surface area (Å²) in [6.07, 6.45) is 0. The first kappa shape index (κ1) is 15.4. The highest BCUT2D eigenvalue weighted by Gasteiger charge is 2.09. The molecule has 2 N–H and O–H groups in total. The number of carbonyl (C=O) groups is 1. The molecule has 3 nitrogen and oxygen atoms in total. The number of benzene rings is 2. The van der Waals surface area contributed by atoms with Gasteiger partial charge < -0.3 is 10.6 Å². The predicted molar refractivity (Wildman–Crippen MR) is 89.0 cm³/mol. The number of amides is 1. The Kier molecular flexibility index (Phi) is 4.86. The standard InChI is InChI=1S/C17H19ClN2O/c1-11-6-4-5-7-15(11)12(2)19-14-8-9-17(16(18)10-14)20-13(3)21/h4-10,12,19H,1-3H3,(H,20,21). The molecule has 110 valence electrons. The summed E-state index contributed by atoms with van der Waals surface area (Å²) in [5.74, 6) is -0.133. The second-order valence-electron chi connectivity index (χ2n) is 5.10. The maximum absolute atomic E-state index is 11.1. The van der Waals surface area contributed by atoms with Crippen LogP contribution in [0.15, 0.2) is 42.5 Å². The van der Waals surface area contributed by atoms with Crippen molar-refractivity contribution in [3.8, 4) is 0 Å². The average molecular weight is 303 g/mol. The van der Waals surface area contributed by atoms with Crippen molar-refractivity contribution >= 4 is 28.9 Å². The van der Waals surface area contributed by atoms with Gasteiger partial charge in [-0.2, -0.15) is 0 Å². The van der Waals surface area contributed by atoms with Crippen molar-refractivity contribution in [3.05, 3.63) is 58.6 Å². The van der Waals surface area contributed by atoms with Crippen LogP contribution < -0.4 is 10.6 Å². The van der Waals surface area contributed by atoms with E-state index in [2.05, 4.69) is 36.6 Å². The Morgan fingerprint density at radius 2 is 1.90 bits per heavy atom. The van der Waals surface area contributed by atoms with E-state index in [-0.39, 0.29) is 11.9 Å². The number of aryl methyl sites for hydroxylation is 1. The maximum atomic E-state index is 11.1. The molecule has 1 amide bonds. The molecular weight excluding hydrogens is 284 g/mol. The quantitative estimate of drug-likeness (QED) is 0.853. The molecule has 2 aromatic carbocycles. The Balaban J connectivity index is 2.15. The van der Waals surface area contributed by atoms with E-state index in [0.29, 0.717) is 10.7 Å². The van der Waals surface area contributed by atoms with Gasteiger partial charge in [0, 0.05) is 18.7 Å². The van der Waals surface area contributed by atoms with E-state index < -0.39 is 0 Å². The van der Waals surface area contributed by atoms with Gasteiger partial charge in [0.2, 0.25) is 5.91 Å². The normalized spacial score (nSPS) is 11.8. The zero-order valence-electron chi connectivity index (χ0n) is 12.4. The summed E-state index contributed by atoms with van der Waals surface area (Å²) in [4.78, 5) is 11.1. The molecule has 2 aromatic rings. The van der Waals surface area contributed by atoms with Gasteiger partial charge in [-0.25, -0.2) is 0 Å². The topological polar surface area (TPSA) is 41.1 Å². The van der Waals surface area contributed by atoms with E-state index in [4.69, 9.17) is 11.6 Å². The van der Waals surface area contributed by atoms with Crippen molar-refractivity contribution in [3.63, 3.8) is 0 Å². The van der Waals surface area contributed by atoms with Crippen LogP contribution in [0.25, 0.3) is 0 Å². The number of nitrogens with one attached hydrogen (secondary N) is 2. The van der Waals surface area contributed by atoms with E-state index in [9.17, 15) is 4.79 Å². The largest absolute Gasteiger partial charge is 0.378 e. The average Bonchev–Trinajstić information content (AvgIpc) is 2.42. The van der Waals surface area contributed by atoms with Gasteiger partial charge in [-0.05, 0) is 43.2 Å². The number of halogens is 1. The Labute approximate surface area is 130 Å². The SMILES string of the molecule is CC(=O)Nc1ccc(NC(C)c2ccccc2C)cc1Cl. The lowest BCUT2D eigenvalue weighted by Gasteiger charge is -2.18. The van der Waals surface area contributed by atoms with E-state index >= 15 is 0 Å². The molecule has 0 aromatic heterocycles. The zero-order valence-corrected chi connectivity index (χ0v) is 13.2. The third kappa shape index (κ3) is 3.99. The summed E-state index contributed by atoms with van der Waals surface area (Å²) >= 11 is 6.18. The zero-order chi connectivity index (χ0) is 15.4. The van der Waals surface area contributed by atoms with Crippen LogP contribution in [0.5, 0.6) is 0 Å². The highest BCUT2D eigenvalue weighted by Crippen LogP contribution is 2.28. The van der Waals surface area contributed by atoms with E-state index in [1.165, 1.54) is 18.1 Å². The molecule has 1 unspecified atom stereocenters. The minimum atomic E-state index is -0.133. The second-order valence-corrected chi connectivity index (χ2v) is 5.51. The van der Waals surface area contributed by atoms with E-state index in [0.717, 1.165) is 5.69 Å². The molecule has 21 heavy (non-hydrogen) atoms. The molecule has 0 radical (unpaired) electrons. The summed E-state index contributed by atoms with van der Waals surface area (Å²) in [5.41, 5.74) is 4.04. The Morgan fingerprint density at radius 3 is 2.52 bits per heavy atom. The van der Waals surface area contributed by atoms with Crippen LogP contribution >= 0.6 is 11.6 Å². The number of carbonyl (C=O) groups excluding carboxylic acids is 1. The first-order chi connectivity index (χ1) is 9.97. The predicted octanol–water partition coefficient (Wildman–Crippen LogP) is 4.78. The minimum Gasteiger partial charge on any atom is -0.378 e. The van der Waals surface area contributed by atoms with Crippen LogP contribution in [-0.4, -0.2) is 5.91 Å². The van der Waals surface area contributed by atoms with Crippen molar-refractivity contribution in [2.24, 2.45) is 0 Å². The fraction of sp³-hybridized carbons (Fsp3) is 0.235. The first-order valence-corrected chi connectivity index (χ1v) is 7.24. The third-order valence-corrected chi connectivity index (χ3v) is 3.63. The summed E-state index contributed by atoms with van der Waals surface area (Å²) in [6.45, 7) is 5.67. The lowest BCUT2D eigenvalue weighted by Crippen LogP contribution is -2.09. The molecule has 2 rings (SSSR count). The van der Waals surface area contributed by atoms with Crippen molar-refractivity contribution < 1.29 is 4.79 Å². The summed E-state index contributed by atoms with van der Waals surface area (Å²) in [6, 6.07) is 14.0. The molecule has 0 spiro atoms. The van der Waals surface area contributed by atoms with Crippen molar-refractivity contribution in [2.75, 3.05) is 10.6 Å². The minimum absolute atomic E-state index is 0.133. The summed E-state index contributed by atoms with van der Waals surface area (Å²) in [7, 11) is 0. The molecule has 0 fully saturated rings. The van der Waals surface area contributed by atoms with Crippen LogP contribution in [0.3, 0.4) is 0 Å². The maximum Gasteiger partial charge on any atom is 0.221 e. The van der Waals surface area contributed by atoms with Crippen LogP contribution in [0.2, 0.25) is 5.02 Å². The van der Waals surface area contributed by atoms with Crippen LogP contribution in [0.1, 0.15) is 31.0 Å². The Bertz CT molecular complexity index is 655. The van der Waals surface area contributed by atoms with E-state index in [1.54, 1.807) is 6.07 Å². The molecule has 0 saturated heterocycles. The molecule has 1 atom stereocenters. The highest BCUT2D eigenvalue weighted by atomic mass is 35.5. The van der Waals surface area contributed by atoms with Gasteiger partial charge in [-0.3, -0.25) is 4.79 Å². The van der Waals surface area contributed by atoms with Gasteiger partial charge in [-0.1, -0.05) is 35.9 Å². The highest BCUT2D eigenvalue weighted by molar-refractivity contribution is 6.34. The van der Waals surface area contributed by atoms with Crippen LogP contribution in [0.4, 0.5) is 11.4 Å². The third-order valence-electron chi connectivity index (χ3n) is 3.32. The first-order valence-electron chi connectivity index (χ1n) is 6.86. The molecule has 0 bridgehead atoms. The molecule has 4 heteroatoms. The molecule has 0 aliphatic carbocycles. The van der Waals surface area contributed by atoms with Crippen LogP contribution in [-0.2, 0) is 4.79 Å². The monoisotopic (exact) mass is 302 g/mol. The van der Waals surface area contributed by atoms with E-state index in [1.807, 2.05) is 24.3 Å². The second kappa shape index (κ2) is 6.64. The Hall–Kier alpha value is -2.00. The van der Waals surface area contributed by atoms with Crippen LogP contribution in [0, 0.1) is 6.92 Å². The number of hydrogen-bond donors (Lipinski definition) is 2. The molecular formula is C17H19ClN2O. The van der Waals surface area contributed by atoms with Crippen molar-refractivity contribution in [1.29, 1.82) is 0 Å². The molecule has 0 heterocycles. The number of anilines is 2. The van der Waals surface area contributed by atoms with Gasteiger partial charge in [0.15, 0.2) is 0 Å². The molecule has 0 saturated carbocycles. The smallest absolute Gasteiger partial charge is 0.221 e. The lowest BCUT2D eigenvalue weighted by atomic mass is 10.0. The molecule has 0 aliphatic rings. The fourth-order valence-corrected chi connectivity index (χ4v) is 2.52. The van der Waals surface area contributed by atoms with Gasteiger partial charge in [0.05, 0.1) is 10.7 Å². The summed E-state index contributed by atoms with van der Waals surface area (Å²) < 4.78 is 0. The van der Waals surface area contributed by atoms with Gasteiger partial charge in [-0.15, -0.1) is 0 Å². The van der Waals surface area contributed by atoms with Crippen molar-refractivity contribution in [1.82, 2.24) is 0 Å². The van der Waals surface area contributed by atoms with Crippen molar-refractivity contribution in [2.45, 2.75) is 26.8 Å². The van der Waals surface area contributed by atoms with Gasteiger partial charge in [0.1, 0.15) is 0 Å². The molecule has 0 aliphatic heterocycles. The van der Waals surface area contributed by atoms with Gasteiger partial charge >= 0.3 is 0 Å². The fourth-order valence-electron chi connectivity index (χ4n) is 2.30. The Morgan fingerprint density at radius 1 is 1.19 bits per heavy atom. The lowest BCUT2D eigenvalue weighted by molar-refractivity contribution is -0.114. The number of hydrogen-bond acceptors (Lipinski definition) is 2.